The van der Waals surface area contributed by atoms with Crippen LogP contribution in [0.3, 0.4) is 0 Å². The first-order chi connectivity index (χ1) is 12.4. The molecule has 130 valence electrons. The zero-order valence-corrected chi connectivity index (χ0v) is 16.4. The van der Waals surface area contributed by atoms with Crippen molar-refractivity contribution < 1.29 is 9.90 Å². The normalized spacial score (nSPS) is 11.2. The van der Waals surface area contributed by atoms with Crippen LogP contribution in [-0.4, -0.2) is 26.0 Å². The Hall–Kier alpha value is -2.51. The summed E-state index contributed by atoms with van der Waals surface area (Å²) in [7, 11) is 0. The van der Waals surface area contributed by atoms with Crippen LogP contribution in [0.5, 0.6) is 0 Å². The fourth-order valence-corrected chi connectivity index (χ4v) is 4.34. The Morgan fingerprint density at radius 2 is 2.00 bits per heavy atom. The van der Waals surface area contributed by atoms with Crippen LogP contribution in [-0.2, 0) is 0 Å². The number of nitrogens with one attached hydrogen (secondary N) is 1. The molecular formula is C19H14BrN3O2S. The van der Waals surface area contributed by atoms with Crippen molar-refractivity contribution in [1.82, 2.24) is 15.0 Å². The second-order valence-corrected chi connectivity index (χ2v) is 7.86. The van der Waals surface area contributed by atoms with Crippen LogP contribution in [0.4, 0.5) is 0 Å². The summed E-state index contributed by atoms with van der Waals surface area (Å²) in [5, 5.41) is 11.0. The molecule has 2 N–H and O–H groups in total. The van der Waals surface area contributed by atoms with Crippen molar-refractivity contribution in [3.8, 4) is 22.0 Å². The third kappa shape index (κ3) is 2.93. The van der Waals surface area contributed by atoms with Gasteiger partial charge < -0.3 is 10.1 Å². The number of carbonyl (C=O) groups is 1. The minimum Gasteiger partial charge on any atom is -0.477 e. The first kappa shape index (κ1) is 16.9. The number of aromatic nitrogens is 3. The molecule has 4 rings (SSSR count). The van der Waals surface area contributed by atoms with Gasteiger partial charge in [-0.05, 0) is 60.1 Å². The van der Waals surface area contributed by atoms with E-state index in [1.54, 1.807) is 6.92 Å². The van der Waals surface area contributed by atoms with Crippen molar-refractivity contribution >= 4 is 44.1 Å². The number of aromatic amines is 1. The molecule has 0 spiro atoms. The molecule has 0 atom stereocenters. The second kappa shape index (κ2) is 6.34. The minimum absolute atomic E-state index is 0.273. The van der Waals surface area contributed by atoms with Crippen molar-refractivity contribution in [2.75, 3.05) is 0 Å². The predicted molar refractivity (Wildman–Crippen MR) is 107 cm³/mol. The number of carboxylic acids is 1. The molecule has 0 saturated carbocycles. The summed E-state index contributed by atoms with van der Waals surface area (Å²) in [4.78, 5) is 23.9. The largest absolute Gasteiger partial charge is 0.477 e. The third-order valence-corrected chi connectivity index (χ3v) is 5.90. The van der Waals surface area contributed by atoms with Crippen molar-refractivity contribution in [3.63, 3.8) is 0 Å². The van der Waals surface area contributed by atoms with Crippen LogP contribution in [0.25, 0.3) is 32.9 Å². The van der Waals surface area contributed by atoms with Gasteiger partial charge in [-0.3, -0.25) is 4.98 Å². The Labute approximate surface area is 161 Å². The van der Waals surface area contributed by atoms with E-state index < -0.39 is 5.97 Å². The highest BCUT2D eigenvalue weighted by Gasteiger charge is 2.17. The van der Waals surface area contributed by atoms with E-state index in [9.17, 15) is 9.90 Å². The maximum Gasteiger partial charge on any atom is 0.347 e. The highest BCUT2D eigenvalue weighted by atomic mass is 79.9. The number of pyridine rings is 1. The summed E-state index contributed by atoms with van der Waals surface area (Å²) < 4.78 is 0.897. The van der Waals surface area contributed by atoms with Gasteiger partial charge in [-0.25, -0.2) is 9.78 Å². The van der Waals surface area contributed by atoms with Gasteiger partial charge in [0.05, 0.1) is 22.6 Å². The van der Waals surface area contributed by atoms with Gasteiger partial charge in [0, 0.05) is 21.1 Å². The summed E-state index contributed by atoms with van der Waals surface area (Å²) >= 11 is 4.80. The number of halogens is 1. The van der Waals surface area contributed by atoms with Gasteiger partial charge in [0.15, 0.2) is 0 Å². The maximum atomic E-state index is 11.3. The van der Waals surface area contributed by atoms with Crippen LogP contribution >= 0.6 is 27.3 Å². The molecule has 1 aromatic carbocycles. The van der Waals surface area contributed by atoms with Crippen LogP contribution < -0.4 is 0 Å². The fourth-order valence-electron chi connectivity index (χ4n) is 2.87. The quantitative estimate of drug-likeness (QED) is 0.456. The summed E-state index contributed by atoms with van der Waals surface area (Å²) in [6.07, 6.45) is 0. The van der Waals surface area contributed by atoms with Crippen molar-refractivity contribution in [3.05, 3.63) is 57.1 Å². The van der Waals surface area contributed by atoms with Gasteiger partial charge in [0.1, 0.15) is 9.88 Å². The van der Waals surface area contributed by atoms with E-state index in [0.29, 0.717) is 10.7 Å². The highest BCUT2D eigenvalue weighted by Crippen LogP contribution is 2.35. The van der Waals surface area contributed by atoms with Crippen molar-refractivity contribution in [2.45, 2.75) is 13.8 Å². The van der Waals surface area contributed by atoms with E-state index in [4.69, 9.17) is 0 Å². The number of H-pyrrole nitrogens is 1. The van der Waals surface area contributed by atoms with Gasteiger partial charge in [0.25, 0.3) is 0 Å². The summed E-state index contributed by atoms with van der Waals surface area (Å²) in [6.45, 7) is 3.68. The molecule has 0 aliphatic carbocycles. The third-order valence-electron chi connectivity index (χ3n) is 4.08. The lowest BCUT2D eigenvalue weighted by molar-refractivity contribution is 0.0701. The molecule has 4 aromatic rings. The van der Waals surface area contributed by atoms with Crippen molar-refractivity contribution in [1.29, 1.82) is 0 Å². The van der Waals surface area contributed by atoms with Crippen LogP contribution in [0.15, 0.2) is 40.9 Å². The molecule has 0 amide bonds. The van der Waals surface area contributed by atoms with Gasteiger partial charge in [-0.2, -0.15) is 0 Å². The molecule has 0 fully saturated rings. The molecule has 0 radical (unpaired) electrons. The number of nitrogens with zero attached hydrogens (tertiary/aromatic N) is 2. The number of benzene rings is 1. The number of hydrogen-bond acceptors (Lipinski definition) is 4. The Bertz CT molecular complexity index is 1160. The van der Waals surface area contributed by atoms with E-state index in [1.807, 2.05) is 43.3 Å². The smallest absolute Gasteiger partial charge is 0.347 e. The number of aryl methyl sites for hydroxylation is 2. The number of thiazole rings is 1. The zero-order chi connectivity index (χ0) is 18.4. The lowest BCUT2D eigenvalue weighted by atomic mass is 10.1. The summed E-state index contributed by atoms with van der Waals surface area (Å²) in [5.74, 6) is -0.944. The van der Waals surface area contributed by atoms with Gasteiger partial charge >= 0.3 is 5.97 Å². The second-order valence-electron chi connectivity index (χ2n) is 6.01. The van der Waals surface area contributed by atoms with E-state index in [0.717, 1.165) is 38.0 Å². The summed E-state index contributed by atoms with van der Waals surface area (Å²) in [6, 6.07) is 11.9. The average Bonchev–Trinajstić information content (AvgIpc) is 3.19. The number of rotatable bonds is 3. The van der Waals surface area contributed by atoms with E-state index in [-0.39, 0.29) is 4.88 Å². The lowest BCUT2D eigenvalue weighted by Gasteiger charge is -2.00. The molecule has 0 aliphatic rings. The van der Waals surface area contributed by atoms with Gasteiger partial charge in [-0.1, -0.05) is 6.07 Å². The number of hydrogen-bond donors (Lipinski definition) is 2. The molecule has 3 heterocycles. The summed E-state index contributed by atoms with van der Waals surface area (Å²) in [5.41, 5.74) is 5.16. The van der Waals surface area contributed by atoms with E-state index in [2.05, 4.69) is 30.9 Å². The molecule has 0 unspecified atom stereocenters. The Morgan fingerprint density at radius 1 is 1.19 bits per heavy atom. The van der Waals surface area contributed by atoms with Crippen LogP contribution in [0, 0.1) is 13.8 Å². The molecule has 5 nitrogen and oxygen atoms in total. The Kier molecular flexibility index (Phi) is 4.13. The molecule has 7 heteroatoms. The van der Waals surface area contributed by atoms with E-state index >= 15 is 0 Å². The predicted octanol–water partition coefficient (Wildman–Crippen LogP) is 5.43. The molecule has 0 bridgehead atoms. The standard InChI is InChI=1S/C19H14BrN3O2S/c1-9-4-3-5-14(21-9)15-8-11-6-12(7-13(20)16(11)23-15)18-22-10(2)17(26-18)19(24)25/h3-8,23H,1-2H3,(H,24,25). The highest BCUT2D eigenvalue weighted by molar-refractivity contribution is 9.10. The monoisotopic (exact) mass is 427 g/mol. The molecular weight excluding hydrogens is 414 g/mol. The van der Waals surface area contributed by atoms with Crippen molar-refractivity contribution in [2.24, 2.45) is 0 Å². The van der Waals surface area contributed by atoms with Gasteiger partial charge in [-0.15, -0.1) is 11.3 Å². The minimum atomic E-state index is -0.944. The average molecular weight is 428 g/mol. The molecule has 0 aliphatic heterocycles. The number of fused-ring (bicyclic) bond motifs is 1. The van der Waals surface area contributed by atoms with E-state index in [1.165, 1.54) is 11.3 Å². The Balaban J connectivity index is 1.84. The van der Waals surface area contributed by atoms with Gasteiger partial charge in [0.2, 0.25) is 0 Å². The number of aromatic carboxylic acids is 1. The van der Waals surface area contributed by atoms with Crippen LogP contribution in [0.2, 0.25) is 0 Å². The molecule has 0 saturated heterocycles. The molecule has 3 aromatic heterocycles. The molecule has 26 heavy (non-hydrogen) atoms. The maximum absolute atomic E-state index is 11.3. The number of carboxylic acid groups (broad SMARTS) is 1. The van der Waals surface area contributed by atoms with Crippen LogP contribution in [0.1, 0.15) is 21.1 Å². The zero-order valence-electron chi connectivity index (χ0n) is 14.0. The SMILES string of the molecule is Cc1cccc(-c2cc3cc(-c4nc(C)c(C(=O)O)s4)cc(Br)c3[nH]2)n1. The fraction of sp³-hybridized carbons (Fsp3) is 0.105. The Morgan fingerprint density at radius 3 is 2.69 bits per heavy atom. The first-order valence-corrected chi connectivity index (χ1v) is 9.50. The lowest BCUT2D eigenvalue weighted by Crippen LogP contribution is -1.94. The first-order valence-electron chi connectivity index (χ1n) is 7.90. The topological polar surface area (TPSA) is 78.9 Å².